The van der Waals surface area contributed by atoms with Crippen LogP contribution in [0.4, 0.5) is 0 Å². The van der Waals surface area contributed by atoms with Crippen molar-refractivity contribution >= 4 is 35.5 Å². The highest BCUT2D eigenvalue weighted by Crippen LogP contribution is 2.40. The Hall–Kier alpha value is -3.08. The predicted octanol–water partition coefficient (Wildman–Crippen LogP) is 0.945. The molecule has 3 rings (SSSR count). The Bertz CT molecular complexity index is 1120. The highest BCUT2D eigenvalue weighted by atomic mass is 32.2. The van der Waals surface area contributed by atoms with Gasteiger partial charge in [0.2, 0.25) is 5.91 Å². The molecule has 1 aromatic heterocycles. The number of fused-ring (bicyclic) bond motifs is 1. The number of aromatic nitrogens is 1. The van der Waals surface area contributed by atoms with E-state index in [0.717, 1.165) is 4.90 Å². The molecule has 33 heavy (non-hydrogen) atoms. The van der Waals surface area contributed by atoms with E-state index in [-0.39, 0.29) is 23.5 Å². The lowest BCUT2D eigenvalue weighted by Crippen LogP contribution is -2.71. The third-order valence-electron chi connectivity index (χ3n) is 6.25. The van der Waals surface area contributed by atoms with Crippen molar-refractivity contribution in [2.75, 3.05) is 12.4 Å². The smallest absolute Gasteiger partial charge is 0.352 e. The number of amides is 2. The molecule has 0 aromatic carbocycles. The van der Waals surface area contributed by atoms with Gasteiger partial charge in [0.1, 0.15) is 29.8 Å². The Balaban J connectivity index is 1.81. The van der Waals surface area contributed by atoms with Crippen molar-refractivity contribution in [3.63, 3.8) is 0 Å². The molecule has 0 bridgehead atoms. The van der Waals surface area contributed by atoms with Crippen LogP contribution in [-0.4, -0.2) is 62.1 Å². The standard InChI is InChI=1S/C22H27N3O7S/c1-9-11(3)24(12(4)10(2)18(9)27)13(5)19(28)23-16-20(29)25-17(22(30)31)15(7-32-14(6)26)8-33-21(16)25/h13,16,21H,7-8H2,1-6H3,(H,23,28)(H,30,31)/t13?,16-,21-/m1/s1. The van der Waals surface area contributed by atoms with E-state index in [1.165, 1.54) is 18.7 Å². The number of nitrogens with zero attached hydrogens (tertiary/aromatic N) is 2. The number of hydrogen-bond acceptors (Lipinski definition) is 7. The molecular formula is C22H27N3O7S. The zero-order valence-corrected chi connectivity index (χ0v) is 20.2. The van der Waals surface area contributed by atoms with Crippen LogP contribution in [0.5, 0.6) is 0 Å². The highest BCUT2D eigenvalue weighted by Gasteiger charge is 2.54. The number of pyridine rings is 1. The van der Waals surface area contributed by atoms with Crippen LogP contribution in [0.15, 0.2) is 16.1 Å². The zero-order chi connectivity index (χ0) is 24.8. The minimum atomic E-state index is -1.29. The Morgan fingerprint density at radius 1 is 1.15 bits per heavy atom. The fourth-order valence-corrected chi connectivity index (χ4v) is 5.51. The Morgan fingerprint density at radius 2 is 1.73 bits per heavy atom. The molecule has 1 saturated heterocycles. The van der Waals surface area contributed by atoms with Gasteiger partial charge in [0.25, 0.3) is 5.91 Å². The number of carboxylic acid groups (broad SMARTS) is 1. The van der Waals surface area contributed by atoms with Crippen molar-refractivity contribution in [3.05, 3.63) is 44.0 Å². The monoisotopic (exact) mass is 477 g/mol. The normalized spacial score (nSPS) is 20.7. The minimum absolute atomic E-state index is 0.0604. The van der Waals surface area contributed by atoms with Crippen LogP contribution in [0.3, 0.4) is 0 Å². The maximum atomic E-state index is 13.1. The first-order valence-electron chi connectivity index (χ1n) is 10.4. The summed E-state index contributed by atoms with van der Waals surface area (Å²) in [6.07, 6.45) is 0. The average Bonchev–Trinajstić information content (AvgIpc) is 2.77. The van der Waals surface area contributed by atoms with Crippen LogP contribution in [0.2, 0.25) is 0 Å². The van der Waals surface area contributed by atoms with Gasteiger partial charge >= 0.3 is 11.9 Å². The first kappa shape index (κ1) is 24.6. The molecule has 0 radical (unpaired) electrons. The van der Waals surface area contributed by atoms with Crippen LogP contribution in [0, 0.1) is 27.7 Å². The second-order valence-electron chi connectivity index (χ2n) is 8.23. The van der Waals surface area contributed by atoms with Crippen molar-refractivity contribution < 1.29 is 29.0 Å². The molecule has 178 valence electrons. The number of esters is 1. The number of carbonyl (C=O) groups is 4. The lowest BCUT2D eigenvalue weighted by atomic mass is 10.0. The number of β-lactam (4-membered cyclic amide) rings is 1. The molecule has 2 aliphatic rings. The minimum Gasteiger partial charge on any atom is -0.477 e. The van der Waals surface area contributed by atoms with Gasteiger partial charge in [0, 0.05) is 40.8 Å². The van der Waals surface area contributed by atoms with E-state index in [1.54, 1.807) is 39.2 Å². The number of nitrogens with one attached hydrogen (secondary N) is 1. The fourth-order valence-electron chi connectivity index (χ4n) is 4.18. The molecule has 2 N–H and O–H groups in total. The van der Waals surface area contributed by atoms with E-state index in [1.807, 2.05) is 0 Å². The molecule has 10 nitrogen and oxygen atoms in total. The van der Waals surface area contributed by atoms with E-state index in [4.69, 9.17) is 4.74 Å². The van der Waals surface area contributed by atoms with Gasteiger partial charge in [-0.1, -0.05) is 0 Å². The Labute approximate surface area is 195 Å². The summed E-state index contributed by atoms with van der Waals surface area (Å²) in [6, 6.07) is -1.57. The number of carboxylic acids is 1. The fraction of sp³-hybridized carbons (Fsp3) is 0.500. The first-order chi connectivity index (χ1) is 15.4. The van der Waals surface area contributed by atoms with Crippen molar-refractivity contribution in [3.8, 4) is 0 Å². The van der Waals surface area contributed by atoms with E-state index in [9.17, 15) is 29.1 Å². The van der Waals surface area contributed by atoms with E-state index in [2.05, 4.69) is 5.32 Å². The van der Waals surface area contributed by atoms with Gasteiger partial charge in [-0.2, -0.15) is 0 Å². The number of hydrogen-bond donors (Lipinski definition) is 2. The summed E-state index contributed by atoms with van der Waals surface area (Å²) in [5.41, 5.74) is 2.52. The van der Waals surface area contributed by atoms with E-state index < -0.39 is 41.2 Å². The zero-order valence-electron chi connectivity index (χ0n) is 19.3. The van der Waals surface area contributed by atoms with Crippen LogP contribution in [-0.2, 0) is 23.9 Å². The molecule has 1 fully saturated rings. The van der Waals surface area contributed by atoms with Crippen molar-refractivity contribution in [1.82, 2.24) is 14.8 Å². The molecule has 1 unspecified atom stereocenters. The van der Waals surface area contributed by atoms with Crippen molar-refractivity contribution in [2.45, 2.75) is 59.0 Å². The number of carbonyl (C=O) groups excluding carboxylic acids is 3. The molecule has 1 aromatic rings. The quantitative estimate of drug-likeness (QED) is 0.457. The second-order valence-corrected chi connectivity index (χ2v) is 9.33. The average molecular weight is 478 g/mol. The predicted molar refractivity (Wildman–Crippen MR) is 121 cm³/mol. The number of rotatable bonds is 6. The first-order valence-corrected chi connectivity index (χ1v) is 11.5. The molecule has 11 heteroatoms. The summed E-state index contributed by atoms with van der Waals surface area (Å²) in [6.45, 7) is 9.67. The highest BCUT2D eigenvalue weighted by molar-refractivity contribution is 8.00. The van der Waals surface area contributed by atoms with Gasteiger partial charge < -0.3 is 19.7 Å². The number of thioether (sulfide) groups is 1. The largest absolute Gasteiger partial charge is 0.477 e. The van der Waals surface area contributed by atoms with E-state index >= 15 is 0 Å². The van der Waals surface area contributed by atoms with Gasteiger partial charge in [-0.3, -0.25) is 24.1 Å². The summed E-state index contributed by atoms with van der Waals surface area (Å²) >= 11 is 1.30. The van der Waals surface area contributed by atoms with E-state index in [0.29, 0.717) is 28.1 Å². The van der Waals surface area contributed by atoms with Gasteiger partial charge in [0.05, 0.1) is 0 Å². The molecule has 3 heterocycles. The summed E-state index contributed by atoms with van der Waals surface area (Å²) < 4.78 is 6.69. The van der Waals surface area contributed by atoms with Gasteiger partial charge in [-0.05, 0) is 34.6 Å². The lowest BCUT2D eigenvalue weighted by molar-refractivity contribution is -0.151. The van der Waals surface area contributed by atoms with Crippen molar-refractivity contribution in [2.24, 2.45) is 0 Å². The molecule has 0 aliphatic carbocycles. The lowest BCUT2D eigenvalue weighted by Gasteiger charge is -2.49. The van der Waals surface area contributed by atoms with Crippen LogP contribution in [0.25, 0.3) is 0 Å². The molecule has 2 amide bonds. The maximum Gasteiger partial charge on any atom is 0.352 e. The Morgan fingerprint density at radius 3 is 2.24 bits per heavy atom. The molecule has 2 aliphatic heterocycles. The summed E-state index contributed by atoms with van der Waals surface area (Å²) in [5, 5.41) is 11.8. The third-order valence-corrected chi connectivity index (χ3v) is 7.59. The molecule has 3 atom stereocenters. The maximum absolute atomic E-state index is 13.1. The SMILES string of the molecule is CC(=O)OCC1=C(C(=O)O)N2C(=O)[C@@H](NC(=O)C(C)n3c(C)c(C)c(=O)c(C)c3C)[C@H]2SC1. The van der Waals surface area contributed by atoms with Gasteiger partial charge in [-0.25, -0.2) is 4.79 Å². The summed E-state index contributed by atoms with van der Waals surface area (Å²) in [7, 11) is 0. The summed E-state index contributed by atoms with van der Waals surface area (Å²) in [5.74, 6) is -2.53. The van der Waals surface area contributed by atoms with Crippen LogP contribution >= 0.6 is 11.8 Å². The van der Waals surface area contributed by atoms with Crippen molar-refractivity contribution in [1.29, 1.82) is 0 Å². The topological polar surface area (TPSA) is 135 Å². The van der Waals surface area contributed by atoms with Crippen LogP contribution < -0.4 is 10.7 Å². The second kappa shape index (κ2) is 9.05. The third kappa shape index (κ3) is 4.17. The van der Waals surface area contributed by atoms with Crippen LogP contribution in [0.1, 0.15) is 42.4 Å². The summed E-state index contributed by atoms with van der Waals surface area (Å²) in [4.78, 5) is 62.3. The number of ether oxygens (including phenoxy) is 1. The number of aliphatic carboxylic acids is 1. The molecular weight excluding hydrogens is 450 g/mol. The Kier molecular flexibility index (Phi) is 6.73. The van der Waals surface area contributed by atoms with Gasteiger partial charge in [-0.15, -0.1) is 11.8 Å². The van der Waals surface area contributed by atoms with Gasteiger partial charge in [0.15, 0.2) is 5.43 Å². The molecule has 0 spiro atoms. The molecule has 0 saturated carbocycles.